The molecule has 1 rings (SSSR count). The van der Waals surface area contributed by atoms with Crippen molar-refractivity contribution in [2.45, 2.75) is 51.6 Å². The average Bonchev–Trinajstić information content (AvgIpc) is 2.29. The minimum Gasteiger partial charge on any atom is -0.390 e. The van der Waals surface area contributed by atoms with Crippen molar-refractivity contribution in [3.8, 4) is 0 Å². The van der Waals surface area contributed by atoms with Crippen molar-refractivity contribution in [3.63, 3.8) is 0 Å². The first-order valence-corrected chi connectivity index (χ1v) is 6.90. The van der Waals surface area contributed by atoms with E-state index >= 15 is 0 Å². The lowest BCUT2D eigenvalue weighted by Gasteiger charge is -2.27. The van der Waals surface area contributed by atoms with Gasteiger partial charge in [-0.05, 0) is 25.8 Å². The van der Waals surface area contributed by atoms with Crippen molar-refractivity contribution in [2.75, 3.05) is 26.2 Å². The maximum Gasteiger partial charge on any atom is 0.222 e. The Morgan fingerprint density at radius 2 is 2.12 bits per heavy atom. The molecule has 0 spiro atoms. The summed E-state index contributed by atoms with van der Waals surface area (Å²) in [5.74, 6) is 0.208. The number of rotatable bonds is 6. The Labute approximate surface area is 104 Å². The first kappa shape index (κ1) is 14.5. The van der Waals surface area contributed by atoms with Gasteiger partial charge in [-0.1, -0.05) is 19.8 Å². The molecular weight excluding hydrogens is 216 g/mol. The fourth-order valence-electron chi connectivity index (χ4n) is 2.17. The second kappa shape index (κ2) is 8.48. The van der Waals surface area contributed by atoms with E-state index in [0.29, 0.717) is 19.5 Å². The van der Waals surface area contributed by atoms with Gasteiger partial charge in [0.15, 0.2) is 0 Å². The van der Waals surface area contributed by atoms with E-state index in [9.17, 15) is 9.90 Å². The van der Waals surface area contributed by atoms with Gasteiger partial charge in [0, 0.05) is 26.1 Å². The van der Waals surface area contributed by atoms with Crippen molar-refractivity contribution >= 4 is 5.91 Å². The van der Waals surface area contributed by atoms with E-state index in [1.54, 1.807) is 0 Å². The molecule has 1 aliphatic rings. The van der Waals surface area contributed by atoms with Crippen LogP contribution in [0.4, 0.5) is 0 Å². The number of aliphatic hydroxyl groups excluding tert-OH is 1. The number of carbonyl (C=O) groups is 1. The summed E-state index contributed by atoms with van der Waals surface area (Å²) in [6.45, 7) is 4.89. The zero-order valence-corrected chi connectivity index (χ0v) is 11.0. The van der Waals surface area contributed by atoms with Crippen LogP contribution < -0.4 is 5.32 Å². The molecule has 1 aliphatic heterocycles. The Balaban J connectivity index is 2.28. The fourth-order valence-corrected chi connectivity index (χ4v) is 2.17. The lowest BCUT2D eigenvalue weighted by molar-refractivity contribution is -0.133. The SMILES string of the molecule is CCCNCC(O)CN1CCCCCCC1=O. The molecule has 100 valence electrons. The Hall–Kier alpha value is -0.610. The first-order valence-electron chi connectivity index (χ1n) is 6.90. The smallest absolute Gasteiger partial charge is 0.222 e. The highest BCUT2D eigenvalue weighted by atomic mass is 16.3. The van der Waals surface area contributed by atoms with E-state index in [4.69, 9.17) is 0 Å². The van der Waals surface area contributed by atoms with Crippen LogP contribution in [0.3, 0.4) is 0 Å². The normalized spacial score (nSPS) is 19.9. The topological polar surface area (TPSA) is 52.6 Å². The van der Waals surface area contributed by atoms with Crippen LogP contribution in [-0.4, -0.2) is 48.2 Å². The number of likely N-dealkylation sites (tertiary alicyclic amines) is 1. The number of β-amino-alcohol motifs (C(OH)–C–C–N with tert-alkyl or cyclic N) is 1. The molecule has 1 atom stereocenters. The standard InChI is InChI=1S/C13H26N2O2/c1-2-8-14-10-12(16)11-15-9-6-4-3-5-7-13(15)17/h12,14,16H,2-11H2,1H3. The van der Waals surface area contributed by atoms with Gasteiger partial charge in [0.05, 0.1) is 6.10 Å². The summed E-state index contributed by atoms with van der Waals surface area (Å²) in [5.41, 5.74) is 0. The Kier molecular flexibility index (Phi) is 7.21. The monoisotopic (exact) mass is 242 g/mol. The summed E-state index contributed by atoms with van der Waals surface area (Å²) in [6, 6.07) is 0. The minimum absolute atomic E-state index is 0.208. The van der Waals surface area contributed by atoms with Crippen molar-refractivity contribution in [1.82, 2.24) is 10.2 Å². The molecule has 4 heteroatoms. The third kappa shape index (κ3) is 6.03. The maximum atomic E-state index is 11.8. The van der Waals surface area contributed by atoms with Crippen LogP contribution in [0.2, 0.25) is 0 Å². The predicted octanol–water partition coefficient (Wildman–Crippen LogP) is 1.14. The molecular formula is C13H26N2O2. The number of nitrogens with one attached hydrogen (secondary N) is 1. The lowest BCUT2D eigenvalue weighted by Crippen LogP contribution is -2.42. The van der Waals surface area contributed by atoms with Crippen LogP contribution in [0, 0.1) is 0 Å². The second-order valence-electron chi connectivity index (χ2n) is 4.86. The summed E-state index contributed by atoms with van der Waals surface area (Å²) in [4.78, 5) is 13.7. The van der Waals surface area contributed by atoms with Crippen molar-refractivity contribution in [1.29, 1.82) is 0 Å². The Bertz CT molecular complexity index is 221. The number of aliphatic hydroxyl groups is 1. The highest BCUT2D eigenvalue weighted by molar-refractivity contribution is 5.76. The molecule has 0 aromatic rings. The van der Waals surface area contributed by atoms with Gasteiger partial charge >= 0.3 is 0 Å². The number of amides is 1. The summed E-state index contributed by atoms with van der Waals surface area (Å²) in [6.07, 6.45) is 5.71. The molecule has 1 saturated heterocycles. The predicted molar refractivity (Wildman–Crippen MR) is 68.8 cm³/mol. The number of hydrogen-bond donors (Lipinski definition) is 2. The molecule has 1 amide bonds. The van der Waals surface area contributed by atoms with Gasteiger partial charge in [0.25, 0.3) is 0 Å². The number of hydrogen-bond acceptors (Lipinski definition) is 3. The van der Waals surface area contributed by atoms with Crippen LogP contribution in [0.25, 0.3) is 0 Å². The summed E-state index contributed by atoms with van der Waals surface area (Å²) in [5, 5.41) is 13.0. The quantitative estimate of drug-likeness (QED) is 0.687. The van der Waals surface area contributed by atoms with Crippen LogP contribution >= 0.6 is 0 Å². The summed E-state index contributed by atoms with van der Waals surface area (Å²) in [7, 11) is 0. The van der Waals surface area contributed by atoms with Gasteiger partial charge in [0.1, 0.15) is 0 Å². The van der Waals surface area contributed by atoms with E-state index in [1.165, 1.54) is 12.8 Å². The molecule has 1 fully saturated rings. The Morgan fingerprint density at radius 3 is 2.88 bits per heavy atom. The van der Waals surface area contributed by atoms with Gasteiger partial charge in [-0.3, -0.25) is 4.79 Å². The van der Waals surface area contributed by atoms with Crippen molar-refractivity contribution in [2.24, 2.45) is 0 Å². The fraction of sp³-hybridized carbons (Fsp3) is 0.923. The highest BCUT2D eigenvalue weighted by Gasteiger charge is 2.18. The van der Waals surface area contributed by atoms with Crippen LogP contribution in [-0.2, 0) is 4.79 Å². The van der Waals surface area contributed by atoms with Crippen LogP contribution in [0.5, 0.6) is 0 Å². The van der Waals surface area contributed by atoms with Crippen LogP contribution in [0.1, 0.15) is 45.4 Å². The van der Waals surface area contributed by atoms with Gasteiger partial charge < -0.3 is 15.3 Å². The van der Waals surface area contributed by atoms with Crippen LogP contribution in [0.15, 0.2) is 0 Å². The van der Waals surface area contributed by atoms with E-state index in [2.05, 4.69) is 12.2 Å². The molecule has 0 radical (unpaired) electrons. The lowest BCUT2D eigenvalue weighted by atomic mass is 10.1. The summed E-state index contributed by atoms with van der Waals surface area (Å²) >= 11 is 0. The first-order chi connectivity index (χ1) is 8.24. The van der Waals surface area contributed by atoms with E-state index in [-0.39, 0.29) is 5.91 Å². The zero-order chi connectivity index (χ0) is 12.5. The molecule has 2 N–H and O–H groups in total. The van der Waals surface area contributed by atoms with E-state index in [0.717, 1.165) is 32.4 Å². The molecule has 1 heterocycles. The zero-order valence-electron chi connectivity index (χ0n) is 11.0. The molecule has 0 aromatic heterocycles. The second-order valence-corrected chi connectivity index (χ2v) is 4.86. The van der Waals surface area contributed by atoms with E-state index < -0.39 is 6.10 Å². The maximum absolute atomic E-state index is 11.8. The highest BCUT2D eigenvalue weighted by Crippen LogP contribution is 2.11. The molecule has 0 bridgehead atoms. The van der Waals surface area contributed by atoms with Gasteiger partial charge in [-0.2, -0.15) is 0 Å². The third-order valence-electron chi connectivity index (χ3n) is 3.16. The number of carbonyl (C=O) groups excluding carboxylic acids is 1. The molecule has 1 unspecified atom stereocenters. The van der Waals surface area contributed by atoms with E-state index in [1.807, 2.05) is 4.90 Å². The summed E-state index contributed by atoms with van der Waals surface area (Å²) < 4.78 is 0. The van der Waals surface area contributed by atoms with Gasteiger partial charge in [-0.15, -0.1) is 0 Å². The molecule has 4 nitrogen and oxygen atoms in total. The Morgan fingerprint density at radius 1 is 1.35 bits per heavy atom. The molecule has 0 aromatic carbocycles. The molecule has 17 heavy (non-hydrogen) atoms. The van der Waals surface area contributed by atoms with Crippen molar-refractivity contribution in [3.05, 3.63) is 0 Å². The van der Waals surface area contributed by atoms with Gasteiger partial charge in [0.2, 0.25) is 5.91 Å². The van der Waals surface area contributed by atoms with Crippen molar-refractivity contribution < 1.29 is 9.90 Å². The largest absolute Gasteiger partial charge is 0.390 e. The third-order valence-corrected chi connectivity index (χ3v) is 3.16. The van der Waals surface area contributed by atoms with Gasteiger partial charge in [-0.25, -0.2) is 0 Å². The molecule has 0 saturated carbocycles. The average molecular weight is 242 g/mol. The molecule has 0 aliphatic carbocycles. The number of nitrogens with zero attached hydrogens (tertiary/aromatic N) is 1. The minimum atomic E-state index is -0.440.